The van der Waals surface area contributed by atoms with Crippen molar-refractivity contribution in [1.29, 1.82) is 0 Å². The predicted molar refractivity (Wildman–Crippen MR) is 72.1 cm³/mol. The molecule has 0 spiro atoms. The van der Waals surface area contributed by atoms with E-state index in [2.05, 4.69) is 30.7 Å². The molecule has 0 aliphatic heterocycles. The minimum absolute atomic E-state index is 0.487. The van der Waals surface area contributed by atoms with Crippen LogP contribution < -0.4 is 5.73 Å². The van der Waals surface area contributed by atoms with Crippen LogP contribution in [0.2, 0.25) is 0 Å². The summed E-state index contributed by atoms with van der Waals surface area (Å²) in [6.07, 6.45) is 2.64. The summed E-state index contributed by atoms with van der Waals surface area (Å²) < 4.78 is 5.15. The number of nitrogens with zero attached hydrogens (tertiary/aromatic N) is 2. The van der Waals surface area contributed by atoms with Gasteiger partial charge in [-0.1, -0.05) is 13.8 Å². The van der Waals surface area contributed by atoms with Crippen molar-refractivity contribution in [3.8, 4) is 0 Å². The van der Waals surface area contributed by atoms with Crippen LogP contribution in [0.4, 0.5) is 0 Å². The second-order valence-electron chi connectivity index (χ2n) is 5.36. The van der Waals surface area contributed by atoms with Crippen molar-refractivity contribution in [2.45, 2.75) is 39.7 Å². The number of ether oxygens (including phenoxy) is 1. The van der Waals surface area contributed by atoms with E-state index < -0.39 is 0 Å². The lowest BCUT2D eigenvalue weighted by atomic mass is 10.2. The minimum atomic E-state index is 0.487. The van der Waals surface area contributed by atoms with Crippen LogP contribution in [0.1, 0.15) is 33.6 Å². The van der Waals surface area contributed by atoms with Crippen molar-refractivity contribution in [2.24, 2.45) is 22.6 Å². The number of hydrogen-bond acceptors (Lipinski definition) is 2. The Morgan fingerprint density at radius 1 is 1.41 bits per heavy atom. The monoisotopic (exact) mass is 241 g/mol. The first-order valence-electron chi connectivity index (χ1n) is 6.61. The van der Waals surface area contributed by atoms with E-state index in [1.165, 1.54) is 12.8 Å². The van der Waals surface area contributed by atoms with Crippen molar-refractivity contribution < 1.29 is 4.74 Å². The molecule has 1 saturated carbocycles. The van der Waals surface area contributed by atoms with Gasteiger partial charge in [0, 0.05) is 26.2 Å². The molecular formula is C13H27N3O. The zero-order valence-electron chi connectivity index (χ0n) is 11.6. The average Bonchev–Trinajstić information content (AvgIpc) is 3.10. The summed E-state index contributed by atoms with van der Waals surface area (Å²) in [6.45, 7) is 8.88. The largest absolute Gasteiger partial charge is 0.383 e. The third-order valence-corrected chi connectivity index (χ3v) is 3.24. The topological polar surface area (TPSA) is 50.9 Å². The van der Waals surface area contributed by atoms with Crippen molar-refractivity contribution in [1.82, 2.24) is 4.90 Å². The summed E-state index contributed by atoms with van der Waals surface area (Å²) >= 11 is 0. The second-order valence-corrected chi connectivity index (χ2v) is 5.36. The highest BCUT2D eigenvalue weighted by atomic mass is 16.5. The van der Waals surface area contributed by atoms with Gasteiger partial charge in [0.25, 0.3) is 0 Å². The first-order valence-corrected chi connectivity index (χ1v) is 6.61. The Morgan fingerprint density at radius 3 is 2.53 bits per heavy atom. The molecule has 0 heterocycles. The van der Waals surface area contributed by atoms with Crippen LogP contribution in [-0.4, -0.2) is 43.7 Å². The molecule has 0 amide bonds. The molecule has 1 aliphatic carbocycles. The normalized spacial score (nSPS) is 18.5. The Bertz CT molecular complexity index is 249. The third-order valence-electron chi connectivity index (χ3n) is 3.24. The average molecular weight is 241 g/mol. The molecule has 100 valence electrons. The highest BCUT2D eigenvalue weighted by molar-refractivity contribution is 5.78. The molecule has 1 fully saturated rings. The molecule has 2 N–H and O–H groups in total. The van der Waals surface area contributed by atoms with Gasteiger partial charge in [0.1, 0.15) is 0 Å². The summed E-state index contributed by atoms with van der Waals surface area (Å²) in [5.41, 5.74) is 6.09. The minimum Gasteiger partial charge on any atom is -0.383 e. The van der Waals surface area contributed by atoms with Crippen LogP contribution in [-0.2, 0) is 4.74 Å². The van der Waals surface area contributed by atoms with Crippen molar-refractivity contribution >= 4 is 5.96 Å². The first kappa shape index (κ1) is 14.3. The van der Waals surface area contributed by atoms with Gasteiger partial charge in [-0.2, -0.15) is 0 Å². The lowest BCUT2D eigenvalue weighted by molar-refractivity contribution is 0.158. The Labute approximate surface area is 105 Å². The Hall–Kier alpha value is -0.770. The maximum absolute atomic E-state index is 6.09. The summed E-state index contributed by atoms with van der Waals surface area (Å²) in [6, 6.07) is 0.487. The van der Waals surface area contributed by atoms with E-state index in [9.17, 15) is 0 Å². The summed E-state index contributed by atoms with van der Waals surface area (Å²) in [5, 5.41) is 0. The maximum Gasteiger partial charge on any atom is 0.191 e. The number of aliphatic imine (C=N–C) groups is 1. The zero-order valence-corrected chi connectivity index (χ0v) is 11.6. The zero-order chi connectivity index (χ0) is 12.8. The molecule has 1 aliphatic rings. The smallest absolute Gasteiger partial charge is 0.191 e. The fourth-order valence-corrected chi connectivity index (χ4v) is 1.92. The van der Waals surface area contributed by atoms with E-state index in [1.54, 1.807) is 7.11 Å². The lowest BCUT2D eigenvalue weighted by Crippen LogP contribution is -2.46. The van der Waals surface area contributed by atoms with Crippen LogP contribution in [0, 0.1) is 11.8 Å². The van der Waals surface area contributed by atoms with Gasteiger partial charge in [-0.05, 0) is 31.6 Å². The van der Waals surface area contributed by atoms with E-state index in [-0.39, 0.29) is 0 Å². The van der Waals surface area contributed by atoms with Gasteiger partial charge in [0.05, 0.1) is 6.61 Å². The van der Waals surface area contributed by atoms with E-state index in [0.29, 0.717) is 24.5 Å². The fourth-order valence-electron chi connectivity index (χ4n) is 1.92. The molecule has 17 heavy (non-hydrogen) atoms. The van der Waals surface area contributed by atoms with Gasteiger partial charge >= 0.3 is 0 Å². The third kappa shape index (κ3) is 4.94. The van der Waals surface area contributed by atoms with Crippen LogP contribution in [0.5, 0.6) is 0 Å². The molecule has 1 rings (SSSR count). The van der Waals surface area contributed by atoms with Crippen LogP contribution >= 0.6 is 0 Å². The summed E-state index contributed by atoms with van der Waals surface area (Å²) in [7, 11) is 1.72. The van der Waals surface area contributed by atoms with Gasteiger partial charge in [-0.15, -0.1) is 0 Å². The summed E-state index contributed by atoms with van der Waals surface area (Å²) in [5.74, 6) is 2.02. The maximum atomic E-state index is 6.09. The highest BCUT2D eigenvalue weighted by Crippen LogP contribution is 2.34. The molecule has 1 unspecified atom stereocenters. The first-order chi connectivity index (χ1) is 8.06. The van der Waals surface area contributed by atoms with Crippen LogP contribution in [0.15, 0.2) is 4.99 Å². The molecule has 0 radical (unpaired) electrons. The number of guanidine groups is 1. The fraction of sp³-hybridized carbons (Fsp3) is 0.923. The van der Waals surface area contributed by atoms with Crippen LogP contribution in [0.3, 0.4) is 0 Å². The molecule has 0 aromatic heterocycles. The quantitative estimate of drug-likeness (QED) is 0.545. The predicted octanol–water partition coefficient (Wildman–Crippen LogP) is 1.70. The number of methoxy groups -OCH3 is 1. The SMILES string of the molecule is COCCN(C(N)=NCC(C)C)C(C)C1CC1. The van der Waals surface area contributed by atoms with Gasteiger partial charge in [-0.25, -0.2) is 0 Å². The molecule has 0 aromatic rings. The van der Waals surface area contributed by atoms with Gasteiger partial charge in [-0.3, -0.25) is 4.99 Å². The van der Waals surface area contributed by atoms with Gasteiger partial charge in [0.15, 0.2) is 5.96 Å². The standard InChI is InChI=1S/C13H27N3O/c1-10(2)9-15-13(14)16(7-8-17-4)11(3)12-5-6-12/h10-12H,5-9H2,1-4H3,(H2,14,15). The molecule has 0 aromatic carbocycles. The molecule has 4 heteroatoms. The number of rotatable bonds is 7. The van der Waals surface area contributed by atoms with Gasteiger partial charge in [0.2, 0.25) is 0 Å². The second kappa shape index (κ2) is 6.84. The molecule has 0 saturated heterocycles. The van der Waals surface area contributed by atoms with Crippen molar-refractivity contribution in [3.63, 3.8) is 0 Å². The van der Waals surface area contributed by atoms with E-state index >= 15 is 0 Å². The number of nitrogens with two attached hydrogens (primary N) is 1. The molecule has 4 nitrogen and oxygen atoms in total. The highest BCUT2D eigenvalue weighted by Gasteiger charge is 2.32. The molecular weight excluding hydrogens is 214 g/mol. The number of hydrogen-bond donors (Lipinski definition) is 1. The lowest BCUT2D eigenvalue weighted by Gasteiger charge is -2.30. The van der Waals surface area contributed by atoms with Crippen LogP contribution in [0.25, 0.3) is 0 Å². The Morgan fingerprint density at radius 2 is 2.06 bits per heavy atom. The molecule has 0 bridgehead atoms. The van der Waals surface area contributed by atoms with Crippen molar-refractivity contribution in [2.75, 3.05) is 26.8 Å². The van der Waals surface area contributed by atoms with E-state index in [1.807, 2.05) is 0 Å². The summed E-state index contributed by atoms with van der Waals surface area (Å²) in [4.78, 5) is 6.67. The van der Waals surface area contributed by atoms with Gasteiger partial charge < -0.3 is 15.4 Å². The molecule has 1 atom stereocenters. The van der Waals surface area contributed by atoms with E-state index in [0.717, 1.165) is 19.0 Å². The van der Waals surface area contributed by atoms with E-state index in [4.69, 9.17) is 10.5 Å². The van der Waals surface area contributed by atoms with Crippen molar-refractivity contribution in [3.05, 3.63) is 0 Å². The Kier molecular flexibility index (Phi) is 5.75. The Balaban J connectivity index is 2.56.